The third-order valence-electron chi connectivity index (χ3n) is 9.23. The van der Waals surface area contributed by atoms with E-state index in [9.17, 15) is 0 Å². The Balaban J connectivity index is 1.51. The van der Waals surface area contributed by atoms with Gasteiger partial charge in [0.05, 0.1) is 7.05 Å². The summed E-state index contributed by atoms with van der Waals surface area (Å²) >= 11 is 0. The molecule has 0 aliphatic rings. The van der Waals surface area contributed by atoms with Crippen molar-refractivity contribution in [3.05, 3.63) is 114 Å². The Morgan fingerprint density at radius 2 is 1.49 bits per heavy atom. The molecule has 3 heterocycles. The van der Waals surface area contributed by atoms with Gasteiger partial charge in [-0.25, -0.2) is 9.55 Å². The third kappa shape index (κ3) is 4.14. The molecule has 0 bridgehead atoms. The minimum atomic E-state index is -0.0970. The van der Waals surface area contributed by atoms with Crippen molar-refractivity contribution < 1.29 is 14.8 Å². The number of para-hydroxylation sites is 2. The van der Waals surface area contributed by atoms with E-state index in [1.807, 2.05) is 12.1 Å². The van der Waals surface area contributed by atoms with Crippen LogP contribution in [0.4, 0.5) is 0 Å². The summed E-state index contributed by atoms with van der Waals surface area (Å²) in [6.07, 6.45) is -0.0970. The maximum atomic E-state index is 7.87. The quantitative estimate of drug-likeness (QED) is 0.187. The molecule has 0 saturated heterocycles. The van der Waals surface area contributed by atoms with Gasteiger partial charge in [-0.1, -0.05) is 82.3 Å². The molecule has 3 aromatic heterocycles. The first kappa shape index (κ1) is 26.3. The maximum absolute atomic E-state index is 7.87. The molecule has 0 unspecified atom stereocenters. The van der Waals surface area contributed by atoms with Crippen LogP contribution in [0.25, 0.3) is 72.3 Å². The molecule has 0 aliphatic heterocycles. The fourth-order valence-electron chi connectivity index (χ4n) is 6.96. The molecule has 0 radical (unpaired) electrons. The summed E-state index contributed by atoms with van der Waals surface area (Å²) in [7, 11) is 2.16. The van der Waals surface area contributed by atoms with E-state index in [1.54, 1.807) is 0 Å². The summed E-state index contributed by atoms with van der Waals surface area (Å²) in [5, 5.41) is 1.95. The van der Waals surface area contributed by atoms with E-state index in [-0.39, 0.29) is 18.2 Å². The minimum absolute atomic E-state index is 0.0970. The van der Waals surface area contributed by atoms with Crippen LogP contribution < -0.4 is 4.57 Å². The van der Waals surface area contributed by atoms with Gasteiger partial charge in [0, 0.05) is 28.0 Å². The second-order valence-electron chi connectivity index (χ2n) is 12.7. The first-order valence-electron chi connectivity index (χ1n) is 16.2. The van der Waals surface area contributed by atoms with E-state index in [0.29, 0.717) is 11.1 Å². The number of furan rings is 1. The molecule has 0 amide bonds. The van der Waals surface area contributed by atoms with Crippen LogP contribution in [0.5, 0.6) is 0 Å². The summed E-state index contributed by atoms with van der Waals surface area (Å²) in [5.74, 6) is 1.63. The Kier molecular flexibility index (Phi) is 5.95. The van der Waals surface area contributed by atoms with Crippen molar-refractivity contribution in [3.8, 4) is 28.2 Å². The number of hydrogen-bond acceptors (Lipinski definition) is 3. The zero-order chi connectivity index (χ0) is 31.9. The van der Waals surface area contributed by atoms with Crippen LogP contribution in [0.2, 0.25) is 0 Å². The van der Waals surface area contributed by atoms with Crippen LogP contribution in [0.1, 0.15) is 57.6 Å². The molecule has 0 aliphatic carbocycles. The van der Waals surface area contributed by atoms with Crippen molar-refractivity contribution in [2.24, 2.45) is 7.05 Å². The van der Waals surface area contributed by atoms with Crippen LogP contribution in [0, 0.1) is 6.92 Å². The molecule has 222 valence electrons. The fraction of sp³-hybridized carbons (Fsp3) is 0.200. The Morgan fingerprint density at radius 3 is 2.22 bits per heavy atom. The van der Waals surface area contributed by atoms with Gasteiger partial charge in [0.15, 0.2) is 28.6 Å². The second kappa shape index (κ2) is 10.2. The molecular weight excluding hydrogens is 554 g/mol. The predicted octanol–water partition coefficient (Wildman–Crippen LogP) is 10.4. The van der Waals surface area contributed by atoms with Gasteiger partial charge < -0.3 is 8.83 Å². The highest BCUT2D eigenvalue weighted by molar-refractivity contribution is 6.12. The Morgan fingerprint density at radius 1 is 0.778 bits per heavy atom. The lowest BCUT2D eigenvalue weighted by Gasteiger charge is -2.21. The van der Waals surface area contributed by atoms with E-state index in [0.717, 1.165) is 49.9 Å². The van der Waals surface area contributed by atoms with Crippen LogP contribution in [0.15, 0.2) is 106 Å². The highest BCUT2D eigenvalue weighted by Crippen LogP contribution is 2.43. The molecule has 0 fully saturated rings. The summed E-state index contributed by atoms with van der Waals surface area (Å²) in [6.45, 7) is 11.3. The van der Waals surface area contributed by atoms with Crippen LogP contribution in [-0.4, -0.2) is 9.55 Å². The van der Waals surface area contributed by atoms with Gasteiger partial charge in [-0.15, -0.1) is 0 Å². The number of aromatic nitrogens is 3. The van der Waals surface area contributed by atoms with Crippen molar-refractivity contribution in [1.82, 2.24) is 9.55 Å². The van der Waals surface area contributed by atoms with Gasteiger partial charge in [0.1, 0.15) is 23.7 Å². The minimum Gasteiger partial charge on any atom is -0.455 e. The first-order valence-corrected chi connectivity index (χ1v) is 15.7. The smallest absolute Gasteiger partial charge is 0.299 e. The van der Waals surface area contributed by atoms with Gasteiger partial charge in [-0.2, -0.15) is 4.57 Å². The number of hydrogen-bond donors (Lipinski definition) is 0. The Bertz CT molecular complexity index is 2430. The molecule has 0 saturated carbocycles. The number of aryl methyl sites for hydroxylation is 2. The van der Waals surface area contributed by atoms with E-state index in [1.165, 1.54) is 27.9 Å². The lowest BCUT2D eigenvalue weighted by atomic mass is 9.88. The fourth-order valence-corrected chi connectivity index (χ4v) is 6.96. The van der Waals surface area contributed by atoms with E-state index < -0.39 is 0 Å². The number of imidazole rings is 1. The molecule has 8 rings (SSSR count). The van der Waals surface area contributed by atoms with Crippen LogP contribution in [0.3, 0.4) is 0 Å². The standard InChI is InChI=1S/C40H36N3O2/c1-23(2)29-18-27(26-12-8-7-9-13-26)19-30(24(3)4)38(29)43-34-15-11-10-14-33(34)42(6)40(43)37-25(5)16-17-28-31-20-36-32(41-22-44-36)21-35(31)45-39(28)37/h7-24H,1-6H3/q+1/i22D. The number of oxazole rings is 1. The topological polar surface area (TPSA) is 48.0 Å². The molecule has 0 N–H and O–H groups in total. The normalized spacial score (nSPS) is 12.5. The highest BCUT2D eigenvalue weighted by Gasteiger charge is 2.34. The summed E-state index contributed by atoms with van der Waals surface area (Å²) in [5.41, 5.74) is 13.5. The van der Waals surface area contributed by atoms with Crippen molar-refractivity contribution >= 4 is 44.1 Å². The average Bonchev–Trinajstić information content (AvgIpc) is 3.69. The zero-order valence-electron chi connectivity index (χ0n) is 27.5. The molecule has 8 aromatic rings. The van der Waals surface area contributed by atoms with Crippen molar-refractivity contribution in [3.63, 3.8) is 0 Å². The maximum Gasteiger partial charge on any atom is 0.299 e. The van der Waals surface area contributed by atoms with Gasteiger partial charge in [-0.3, -0.25) is 0 Å². The molecular formula is C40H36N3O2+. The predicted molar refractivity (Wildman–Crippen MR) is 183 cm³/mol. The Hall–Kier alpha value is -5.16. The third-order valence-corrected chi connectivity index (χ3v) is 9.23. The molecule has 0 spiro atoms. The monoisotopic (exact) mass is 591 g/mol. The largest absolute Gasteiger partial charge is 0.455 e. The lowest BCUT2D eigenvalue weighted by molar-refractivity contribution is -0.633. The number of fused-ring (bicyclic) bond motifs is 5. The summed E-state index contributed by atoms with van der Waals surface area (Å²) in [6, 6.07) is 32.3. The molecule has 0 atom stereocenters. The van der Waals surface area contributed by atoms with Gasteiger partial charge in [0.25, 0.3) is 5.82 Å². The molecule has 45 heavy (non-hydrogen) atoms. The molecule has 5 aromatic carbocycles. The average molecular weight is 592 g/mol. The van der Waals surface area contributed by atoms with Crippen molar-refractivity contribution in [2.75, 3.05) is 0 Å². The summed E-state index contributed by atoms with van der Waals surface area (Å²) < 4.78 is 25.0. The Labute approximate surface area is 263 Å². The number of rotatable bonds is 5. The van der Waals surface area contributed by atoms with E-state index >= 15 is 0 Å². The molecule has 5 heteroatoms. The van der Waals surface area contributed by atoms with Gasteiger partial charge in [0.2, 0.25) is 0 Å². The van der Waals surface area contributed by atoms with Crippen LogP contribution in [-0.2, 0) is 7.05 Å². The second-order valence-corrected chi connectivity index (χ2v) is 12.7. The zero-order valence-corrected chi connectivity index (χ0v) is 26.5. The summed E-state index contributed by atoms with van der Waals surface area (Å²) in [4.78, 5) is 4.24. The SMILES string of the molecule is [2H]c1nc2cc3oc4c(-c5n(-c6c(C(C)C)cc(-c7ccccc7)cc6C(C)C)c6ccccc6[n+]5C)c(C)ccc4c3cc2o1. The molecule has 5 nitrogen and oxygen atoms in total. The first-order chi connectivity index (χ1) is 22.2. The van der Waals surface area contributed by atoms with E-state index in [2.05, 4.69) is 135 Å². The van der Waals surface area contributed by atoms with Crippen molar-refractivity contribution in [1.29, 1.82) is 0 Å². The number of benzene rings is 5. The van der Waals surface area contributed by atoms with Crippen molar-refractivity contribution in [2.45, 2.75) is 46.5 Å². The highest BCUT2D eigenvalue weighted by atomic mass is 16.3. The number of nitrogens with zero attached hydrogens (tertiary/aromatic N) is 3. The van der Waals surface area contributed by atoms with E-state index in [4.69, 9.17) is 10.2 Å². The van der Waals surface area contributed by atoms with Gasteiger partial charge >= 0.3 is 0 Å². The van der Waals surface area contributed by atoms with Gasteiger partial charge in [-0.05, 0) is 65.8 Å². The van der Waals surface area contributed by atoms with Crippen LogP contribution >= 0.6 is 0 Å². The lowest BCUT2D eigenvalue weighted by Crippen LogP contribution is -2.30.